The van der Waals surface area contributed by atoms with E-state index in [4.69, 9.17) is 23.7 Å². The molecule has 1 aliphatic rings. The number of hydrogen-bond acceptors (Lipinski definition) is 11. The largest absolute Gasteiger partial charge is 0.508 e. The number of likely N-dealkylation sites (N-methyl/N-ethyl adjacent to an activating group) is 1. The Hall–Kier alpha value is -6.66. The van der Waals surface area contributed by atoms with Crippen LogP contribution in [0.2, 0.25) is 0 Å². The molecule has 0 aliphatic carbocycles. The van der Waals surface area contributed by atoms with E-state index in [-0.39, 0.29) is 23.4 Å². The Balaban J connectivity index is 0.000000181. The van der Waals surface area contributed by atoms with Crippen molar-refractivity contribution < 1.29 is 38.4 Å². The van der Waals surface area contributed by atoms with Gasteiger partial charge in [0, 0.05) is 58.7 Å². The van der Waals surface area contributed by atoms with Crippen LogP contribution in [0.3, 0.4) is 0 Å². The number of phenols is 1. The van der Waals surface area contributed by atoms with Crippen LogP contribution in [-0.4, -0.2) is 75.8 Å². The number of piperidine rings is 1. The van der Waals surface area contributed by atoms with Crippen molar-refractivity contribution in [2.24, 2.45) is 0 Å². The van der Waals surface area contributed by atoms with E-state index in [1.54, 1.807) is 63.2 Å². The number of phenolic OH excluding ortho intramolecular Hbond substituents is 1. The first-order valence-corrected chi connectivity index (χ1v) is 22.7. The number of benzene rings is 6. The molecule has 0 spiro atoms. The first kappa shape index (κ1) is 44.0. The first-order valence-electron chi connectivity index (χ1n) is 21.1. The highest BCUT2D eigenvalue weighted by Gasteiger charge is 2.25. The molecule has 8 aromatic rings. The van der Waals surface area contributed by atoms with Gasteiger partial charge in [-0.05, 0) is 171 Å². The maximum Gasteiger partial charge on any atom is 0.195 e. The van der Waals surface area contributed by atoms with Crippen molar-refractivity contribution in [1.29, 1.82) is 0 Å². The van der Waals surface area contributed by atoms with E-state index < -0.39 is 0 Å². The Kier molecular flexibility index (Phi) is 13.6. The lowest BCUT2D eigenvalue weighted by atomic mass is 9.97. The molecule has 1 atom stereocenters. The smallest absolute Gasteiger partial charge is 0.195 e. The molecule has 1 aliphatic heterocycles. The van der Waals surface area contributed by atoms with Gasteiger partial charge in [-0.3, -0.25) is 14.5 Å². The SMILES string of the molecule is CCN1CCCC(Oc2ccc(C(=O)c3c(-c4ccc(OC)cc4)sc4cc(OC)ccc34)cc2)C1.COc1ccc(-c2sc3cc(OC)ccc3c2C(=O)c2ccc(O)cc2)cc1. The third kappa shape index (κ3) is 9.47. The van der Waals surface area contributed by atoms with Gasteiger partial charge < -0.3 is 28.8 Å². The second-order valence-electron chi connectivity index (χ2n) is 15.3. The molecule has 0 radical (unpaired) electrons. The third-order valence-electron chi connectivity index (χ3n) is 11.4. The number of fused-ring (bicyclic) bond motifs is 2. The topological polar surface area (TPSA) is 104 Å². The van der Waals surface area contributed by atoms with Crippen LogP contribution >= 0.6 is 22.7 Å². The lowest BCUT2D eigenvalue weighted by Gasteiger charge is -2.32. The zero-order chi connectivity index (χ0) is 44.7. The fourth-order valence-corrected chi connectivity index (χ4v) is 10.4. The van der Waals surface area contributed by atoms with Crippen LogP contribution < -0.4 is 23.7 Å². The number of carbonyl (C=O) groups is 2. The van der Waals surface area contributed by atoms with E-state index in [1.165, 1.54) is 12.1 Å². The Morgan fingerprint density at radius 1 is 0.578 bits per heavy atom. The molecule has 0 saturated carbocycles. The highest BCUT2D eigenvalue weighted by molar-refractivity contribution is 7.23. The van der Waals surface area contributed by atoms with Crippen molar-refractivity contribution in [3.8, 4) is 55.4 Å². The molecule has 1 unspecified atom stereocenters. The lowest BCUT2D eigenvalue weighted by molar-refractivity contribution is 0.0919. The fourth-order valence-electron chi connectivity index (χ4n) is 7.93. The Labute approximate surface area is 381 Å². The number of rotatable bonds is 13. The quantitative estimate of drug-likeness (QED) is 0.113. The average molecular weight is 892 g/mol. The predicted octanol–water partition coefficient (Wildman–Crippen LogP) is 12.2. The molecule has 6 aromatic carbocycles. The minimum absolute atomic E-state index is 0.00129. The predicted molar refractivity (Wildman–Crippen MR) is 258 cm³/mol. The van der Waals surface area contributed by atoms with Gasteiger partial charge in [0.1, 0.15) is 40.6 Å². The number of nitrogens with zero attached hydrogens (tertiary/aromatic N) is 1. The van der Waals surface area contributed by atoms with Crippen LogP contribution in [0.5, 0.6) is 34.5 Å². The zero-order valence-corrected chi connectivity index (χ0v) is 38.0. The summed E-state index contributed by atoms with van der Waals surface area (Å²) in [6.07, 6.45) is 2.41. The van der Waals surface area contributed by atoms with Crippen LogP contribution in [0.25, 0.3) is 41.1 Å². The van der Waals surface area contributed by atoms with Crippen LogP contribution in [0.1, 0.15) is 51.6 Å². The second kappa shape index (κ2) is 19.8. The summed E-state index contributed by atoms with van der Waals surface area (Å²) in [5.74, 6) is 3.92. The Morgan fingerprint density at radius 2 is 1.00 bits per heavy atom. The summed E-state index contributed by atoms with van der Waals surface area (Å²) in [6, 6.07) is 41.0. The van der Waals surface area contributed by atoms with Crippen LogP contribution in [0.15, 0.2) is 133 Å². The number of ether oxygens (including phenoxy) is 5. The molecule has 11 heteroatoms. The Morgan fingerprint density at radius 3 is 1.44 bits per heavy atom. The molecule has 9 rings (SSSR count). The minimum Gasteiger partial charge on any atom is -0.508 e. The number of carbonyl (C=O) groups excluding carboxylic acids is 2. The number of thiophene rings is 2. The molecule has 3 heterocycles. The maximum absolute atomic E-state index is 13.9. The van der Waals surface area contributed by atoms with Gasteiger partial charge in [-0.25, -0.2) is 0 Å². The molecule has 2 aromatic heterocycles. The zero-order valence-electron chi connectivity index (χ0n) is 36.4. The van der Waals surface area contributed by atoms with Crippen molar-refractivity contribution >= 4 is 54.4 Å². The molecule has 326 valence electrons. The molecule has 0 amide bonds. The van der Waals surface area contributed by atoms with Gasteiger partial charge in [0.05, 0.1) is 28.4 Å². The van der Waals surface area contributed by atoms with E-state index in [2.05, 4.69) is 11.8 Å². The molecule has 1 saturated heterocycles. The normalized spacial score (nSPS) is 13.8. The van der Waals surface area contributed by atoms with E-state index in [0.717, 1.165) is 102 Å². The minimum atomic E-state index is -0.0813. The van der Waals surface area contributed by atoms with E-state index in [9.17, 15) is 14.7 Å². The highest BCUT2D eigenvalue weighted by atomic mass is 32.1. The van der Waals surface area contributed by atoms with E-state index >= 15 is 0 Å². The van der Waals surface area contributed by atoms with Gasteiger partial charge >= 0.3 is 0 Å². The number of aromatic hydroxyl groups is 1. The Bertz CT molecular complexity index is 2880. The molecular formula is C53H49NO8S2. The van der Waals surface area contributed by atoms with Gasteiger partial charge in [-0.1, -0.05) is 6.92 Å². The van der Waals surface area contributed by atoms with Crippen LogP contribution in [-0.2, 0) is 0 Å². The van der Waals surface area contributed by atoms with Gasteiger partial charge in [-0.2, -0.15) is 0 Å². The fraction of sp³-hybridized carbons (Fsp3) is 0.208. The molecule has 1 fully saturated rings. The molecule has 9 nitrogen and oxygen atoms in total. The number of likely N-dealkylation sites (tertiary alicyclic amines) is 1. The van der Waals surface area contributed by atoms with Crippen LogP contribution in [0.4, 0.5) is 0 Å². The third-order valence-corrected chi connectivity index (χ3v) is 13.8. The summed E-state index contributed by atoms with van der Waals surface area (Å²) in [4.78, 5) is 31.5. The number of methoxy groups -OCH3 is 4. The molecule has 0 bridgehead atoms. The summed E-state index contributed by atoms with van der Waals surface area (Å²) in [7, 11) is 6.56. The summed E-state index contributed by atoms with van der Waals surface area (Å²) in [5, 5.41) is 11.4. The standard InChI is InChI=1S/C30H31NO4S.C23H18O4S/c1-4-31-17-5-6-25(19-31)35-23-13-7-20(8-14-23)29(32)28-26-16-15-24(34-3)18-27(26)36-30(28)21-9-11-22(33-2)12-10-21;1-26-17-9-5-15(6-10-17)23-21(22(25)14-3-7-16(24)8-4-14)19-12-11-18(27-2)13-20(19)28-23/h7-16,18,25H,4-6,17,19H2,1-3H3;3-13,24H,1-2H3. The second-order valence-corrected chi connectivity index (χ2v) is 17.4. The van der Waals surface area contributed by atoms with Gasteiger partial charge in [0.15, 0.2) is 11.6 Å². The first-order chi connectivity index (χ1) is 31.2. The van der Waals surface area contributed by atoms with Crippen molar-refractivity contribution in [2.75, 3.05) is 48.1 Å². The van der Waals surface area contributed by atoms with Gasteiger partial charge in [-0.15, -0.1) is 22.7 Å². The monoisotopic (exact) mass is 891 g/mol. The molecular weight excluding hydrogens is 843 g/mol. The van der Waals surface area contributed by atoms with Gasteiger partial charge in [0.25, 0.3) is 0 Å². The highest BCUT2D eigenvalue weighted by Crippen LogP contribution is 2.43. The summed E-state index contributed by atoms with van der Waals surface area (Å²) in [6.45, 7) is 5.32. The van der Waals surface area contributed by atoms with Crippen molar-refractivity contribution in [1.82, 2.24) is 4.90 Å². The average Bonchev–Trinajstić information content (AvgIpc) is 3.93. The molecule has 1 N–H and O–H groups in total. The number of hydrogen-bond donors (Lipinski definition) is 1. The summed E-state index contributed by atoms with van der Waals surface area (Å²) >= 11 is 3.16. The van der Waals surface area contributed by atoms with Crippen molar-refractivity contribution in [3.63, 3.8) is 0 Å². The van der Waals surface area contributed by atoms with E-state index in [1.807, 2.05) is 109 Å². The molecule has 64 heavy (non-hydrogen) atoms. The summed E-state index contributed by atoms with van der Waals surface area (Å²) < 4.78 is 29.6. The van der Waals surface area contributed by atoms with E-state index in [0.29, 0.717) is 22.3 Å². The number of ketones is 2. The van der Waals surface area contributed by atoms with Crippen molar-refractivity contribution in [2.45, 2.75) is 25.9 Å². The summed E-state index contributed by atoms with van der Waals surface area (Å²) in [5.41, 5.74) is 4.47. The maximum atomic E-state index is 13.9. The van der Waals surface area contributed by atoms with Gasteiger partial charge in [0.2, 0.25) is 0 Å². The van der Waals surface area contributed by atoms with Crippen LogP contribution in [0, 0.1) is 0 Å². The lowest BCUT2D eigenvalue weighted by Crippen LogP contribution is -2.40. The van der Waals surface area contributed by atoms with Crippen molar-refractivity contribution in [3.05, 3.63) is 156 Å².